The van der Waals surface area contributed by atoms with Gasteiger partial charge in [0.1, 0.15) is 28.6 Å². The molecule has 3 aromatic carbocycles. The van der Waals surface area contributed by atoms with Crippen LogP contribution in [0, 0.1) is 23.0 Å². The summed E-state index contributed by atoms with van der Waals surface area (Å²) in [6.07, 6.45) is 1.04. The minimum Gasteiger partial charge on any atom is -0.465 e. The number of halogens is 3. The molecule has 13 heteroatoms. The van der Waals surface area contributed by atoms with Gasteiger partial charge in [0.25, 0.3) is 0 Å². The van der Waals surface area contributed by atoms with Crippen molar-refractivity contribution in [3.05, 3.63) is 82.5 Å². The normalized spacial score (nSPS) is 16.7. The Morgan fingerprint density at radius 1 is 1.13 bits per heavy atom. The Hall–Kier alpha value is -5.12. The smallest absolute Gasteiger partial charge is 0.407 e. The van der Waals surface area contributed by atoms with Crippen LogP contribution in [-0.2, 0) is 13.0 Å². The average Bonchev–Trinajstić information content (AvgIpc) is 3.06. The minimum atomic E-state index is -1.12. The van der Waals surface area contributed by atoms with Crippen LogP contribution < -0.4 is 9.64 Å². The van der Waals surface area contributed by atoms with Gasteiger partial charge in [-0.15, -0.1) is 0 Å². The number of ether oxygens (including phenoxy) is 1. The molecule has 1 N–H and O–H groups in total. The molecule has 4 heterocycles. The molecule has 1 atom stereocenters. The molecular formula is C34H28ClF2N7O3. The lowest BCUT2D eigenvalue weighted by atomic mass is 9.99. The third-order valence-electron chi connectivity index (χ3n) is 8.80. The molecule has 2 aliphatic rings. The zero-order valence-electron chi connectivity index (χ0n) is 25.3. The summed E-state index contributed by atoms with van der Waals surface area (Å²) in [7, 11) is 2.05. The molecular weight excluding hydrogens is 628 g/mol. The number of likely N-dealkylation sites (N-methyl/N-ethyl adjacent to an activating group) is 1. The van der Waals surface area contributed by atoms with E-state index in [1.54, 1.807) is 29.2 Å². The summed E-state index contributed by atoms with van der Waals surface area (Å²) in [5, 5.41) is 20.2. The van der Waals surface area contributed by atoms with Crippen LogP contribution in [0.1, 0.15) is 17.5 Å². The van der Waals surface area contributed by atoms with Crippen molar-refractivity contribution in [1.82, 2.24) is 24.8 Å². The standard InChI is InChI=1S/C34H28ClF2N7O3/c1-42-13-11-22-20(17-42)5-3-7-26(22)47-33-40-31-24(32(41-33)43-14-15-44(34(45)46)21(18-43)10-12-38)16-39-30(29(31)37)23-6-2-4-19-8-9-25(36)28(35)27(19)23/h2-9,16,21H,10-11,13-15,17-18H2,1H3,(H,45,46). The van der Waals surface area contributed by atoms with Crippen molar-refractivity contribution in [1.29, 1.82) is 5.26 Å². The van der Waals surface area contributed by atoms with E-state index < -0.39 is 23.8 Å². The number of amides is 1. The highest BCUT2D eigenvalue weighted by Crippen LogP contribution is 2.39. The van der Waals surface area contributed by atoms with E-state index in [1.165, 1.54) is 17.2 Å². The second kappa shape index (κ2) is 12.2. The number of carboxylic acid groups (broad SMARTS) is 1. The lowest BCUT2D eigenvalue weighted by molar-refractivity contribution is 0.119. The van der Waals surface area contributed by atoms with Crippen molar-refractivity contribution in [2.24, 2.45) is 0 Å². The van der Waals surface area contributed by atoms with Gasteiger partial charge in [-0.3, -0.25) is 4.98 Å². The van der Waals surface area contributed by atoms with Crippen LogP contribution in [0.25, 0.3) is 32.9 Å². The third kappa shape index (κ3) is 5.51. The fourth-order valence-corrected chi connectivity index (χ4v) is 6.77. The van der Waals surface area contributed by atoms with Gasteiger partial charge >= 0.3 is 12.1 Å². The van der Waals surface area contributed by atoms with Crippen molar-refractivity contribution in [2.45, 2.75) is 25.4 Å². The molecule has 0 spiro atoms. The Balaban J connectivity index is 1.40. The summed E-state index contributed by atoms with van der Waals surface area (Å²) in [6, 6.07) is 15.0. The van der Waals surface area contributed by atoms with Gasteiger partial charge in [-0.25, -0.2) is 13.6 Å². The summed E-state index contributed by atoms with van der Waals surface area (Å²) in [4.78, 5) is 30.9. The average molecular weight is 656 g/mol. The van der Waals surface area contributed by atoms with Gasteiger partial charge < -0.3 is 24.5 Å². The predicted molar refractivity (Wildman–Crippen MR) is 173 cm³/mol. The summed E-state index contributed by atoms with van der Waals surface area (Å²) in [5.74, 6) is -0.566. The highest BCUT2D eigenvalue weighted by molar-refractivity contribution is 6.36. The second-order valence-electron chi connectivity index (χ2n) is 11.7. The number of pyridine rings is 1. The Bertz CT molecular complexity index is 2110. The van der Waals surface area contributed by atoms with E-state index >= 15 is 4.39 Å². The highest BCUT2D eigenvalue weighted by Gasteiger charge is 2.33. The number of piperazine rings is 1. The topological polar surface area (TPSA) is 119 Å². The van der Waals surface area contributed by atoms with Gasteiger partial charge in [0.05, 0.1) is 28.9 Å². The summed E-state index contributed by atoms with van der Waals surface area (Å²) in [6.45, 7) is 2.07. The zero-order valence-corrected chi connectivity index (χ0v) is 26.0. The number of hydrogen-bond acceptors (Lipinski definition) is 8. The monoisotopic (exact) mass is 655 g/mol. The Morgan fingerprint density at radius 3 is 2.77 bits per heavy atom. The van der Waals surface area contributed by atoms with E-state index in [0.29, 0.717) is 27.9 Å². The minimum absolute atomic E-state index is 0.0328. The fourth-order valence-electron chi connectivity index (χ4n) is 6.49. The van der Waals surface area contributed by atoms with Gasteiger partial charge in [-0.2, -0.15) is 15.2 Å². The van der Waals surface area contributed by atoms with Gasteiger partial charge in [0.2, 0.25) is 0 Å². The number of nitrogens with zero attached hydrogens (tertiary/aromatic N) is 7. The Morgan fingerprint density at radius 2 is 1.96 bits per heavy atom. The maximum absolute atomic E-state index is 16.8. The lowest BCUT2D eigenvalue weighted by Gasteiger charge is -2.39. The van der Waals surface area contributed by atoms with E-state index in [4.69, 9.17) is 21.3 Å². The molecule has 5 aromatic rings. The number of hydrogen-bond donors (Lipinski definition) is 1. The van der Waals surface area contributed by atoms with Gasteiger partial charge in [0.15, 0.2) is 5.82 Å². The van der Waals surface area contributed by atoms with E-state index in [2.05, 4.69) is 20.9 Å². The van der Waals surface area contributed by atoms with E-state index in [-0.39, 0.29) is 53.7 Å². The van der Waals surface area contributed by atoms with Crippen molar-refractivity contribution < 1.29 is 23.4 Å². The maximum Gasteiger partial charge on any atom is 0.407 e. The van der Waals surface area contributed by atoms with Crippen molar-refractivity contribution in [3.63, 3.8) is 0 Å². The van der Waals surface area contributed by atoms with Crippen molar-refractivity contribution in [2.75, 3.05) is 38.1 Å². The Kier molecular flexibility index (Phi) is 7.95. The summed E-state index contributed by atoms with van der Waals surface area (Å²) >= 11 is 6.39. The molecule has 0 aliphatic carbocycles. The number of nitriles is 1. The first-order chi connectivity index (χ1) is 22.7. The van der Waals surface area contributed by atoms with E-state index in [9.17, 15) is 19.6 Å². The van der Waals surface area contributed by atoms with Crippen LogP contribution in [0.5, 0.6) is 11.8 Å². The molecule has 10 nitrogen and oxygen atoms in total. The molecule has 2 aromatic heterocycles. The summed E-state index contributed by atoms with van der Waals surface area (Å²) < 4.78 is 37.6. The van der Waals surface area contributed by atoms with Crippen LogP contribution >= 0.6 is 11.6 Å². The largest absolute Gasteiger partial charge is 0.465 e. The molecule has 1 saturated heterocycles. The molecule has 7 rings (SSSR count). The van der Waals surface area contributed by atoms with Crippen molar-refractivity contribution in [3.8, 4) is 29.1 Å². The molecule has 0 saturated carbocycles. The maximum atomic E-state index is 16.8. The van der Waals surface area contributed by atoms with Crippen molar-refractivity contribution >= 4 is 45.2 Å². The zero-order chi connectivity index (χ0) is 32.8. The molecule has 47 heavy (non-hydrogen) atoms. The van der Waals surface area contributed by atoms with Gasteiger partial charge in [-0.1, -0.05) is 48.0 Å². The number of carbonyl (C=O) groups is 1. The highest BCUT2D eigenvalue weighted by atomic mass is 35.5. The van der Waals surface area contributed by atoms with E-state index in [1.807, 2.05) is 25.2 Å². The number of benzene rings is 3. The molecule has 0 bridgehead atoms. The fraction of sp³-hybridized carbons (Fsp3) is 0.265. The summed E-state index contributed by atoms with van der Waals surface area (Å²) in [5.41, 5.74) is 2.26. The number of rotatable bonds is 5. The second-order valence-corrected chi connectivity index (χ2v) is 12.1. The lowest BCUT2D eigenvalue weighted by Crippen LogP contribution is -2.55. The molecule has 238 valence electrons. The SMILES string of the molecule is CN1CCc2c(cccc2Oc2nc(N3CCN(C(=O)O)C(CC#N)C3)c3cnc(-c4cccc5ccc(F)c(Cl)c45)c(F)c3n2)C1. The first-order valence-corrected chi connectivity index (χ1v) is 15.4. The predicted octanol–water partition coefficient (Wildman–Crippen LogP) is 6.64. The Labute approximate surface area is 273 Å². The van der Waals surface area contributed by atoms with Crippen LogP contribution in [-0.4, -0.2) is 75.2 Å². The van der Waals surface area contributed by atoms with Gasteiger partial charge in [0, 0.05) is 55.4 Å². The molecule has 2 aliphatic heterocycles. The molecule has 1 unspecified atom stereocenters. The first-order valence-electron chi connectivity index (χ1n) is 15.1. The van der Waals surface area contributed by atoms with Crippen LogP contribution in [0.2, 0.25) is 5.02 Å². The number of anilines is 1. The van der Waals surface area contributed by atoms with Gasteiger partial charge in [-0.05, 0) is 36.6 Å². The molecule has 1 fully saturated rings. The number of fused-ring (bicyclic) bond motifs is 3. The number of aromatic nitrogens is 3. The van der Waals surface area contributed by atoms with Crippen LogP contribution in [0.3, 0.4) is 0 Å². The molecule has 0 radical (unpaired) electrons. The molecule has 1 amide bonds. The van der Waals surface area contributed by atoms with E-state index in [0.717, 1.165) is 30.6 Å². The third-order valence-corrected chi connectivity index (χ3v) is 9.17. The first kappa shape index (κ1) is 30.5. The van der Waals surface area contributed by atoms with Crippen LogP contribution in [0.4, 0.5) is 19.4 Å². The quantitative estimate of drug-likeness (QED) is 0.222. The van der Waals surface area contributed by atoms with Crippen LogP contribution in [0.15, 0.2) is 54.7 Å².